The second-order valence-electron chi connectivity index (χ2n) is 4.46. The summed E-state index contributed by atoms with van der Waals surface area (Å²) in [5.74, 6) is -1.82. The quantitative estimate of drug-likeness (QED) is 0.757. The Balaban J connectivity index is 2.29. The van der Waals surface area contributed by atoms with Crippen LogP contribution < -0.4 is 5.32 Å². The molecule has 3 N–H and O–H groups in total. The normalized spacial score (nSPS) is 12.1. The summed E-state index contributed by atoms with van der Waals surface area (Å²) in [5, 5.41) is 22.1. The Morgan fingerprint density at radius 2 is 1.80 bits per heavy atom. The molecular formula is C15H15NO4. The number of fused-ring (bicyclic) bond motifs is 1. The van der Waals surface area contributed by atoms with Gasteiger partial charge in [-0.05, 0) is 16.3 Å². The number of nitrogens with one attached hydrogen (secondary N) is 1. The molecule has 5 nitrogen and oxygen atoms in total. The SMILES string of the molecule is O=C(CO)NC(Cc1cccc2ccccc12)C(=O)O. The average molecular weight is 273 g/mol. The lowest BCUT2D eigenvalue weighted by molar-refractivity contribution is -0.142. The first-order chi connectivity index (χ1) is 9.61. The number of aliphatic hydroxyl groups is 1. The summed E-state index contributed by atoms with van der Waals surface area (Å²) < 4.78 is 0. The fourth-order valence-corrected chi connectivity index (χ4v) is 2.13. The molecule has 0 radical (unpaired) electrons. The number of carboxylic acid groups (broad SMARTS) is 1. The number of carbonyl (C=O) groups is 2. The topological polar surface area (TPSA) is 86.6 Å². The molecule has 2 aromatic rings. The van der Waals surface area contributed by atoms with Crippen molar-refractivity contribution < 1.29 is 19.8 Å². The highest BCUT2D eigenvalue weighted by Gasteiger charge is 2.20. The van der Waals surface area contributed by atoms with Gasteiger partial charge in [-0.1, -0.05) is 42.5 Å². The Labute approximate surface area is 115 Å². The van der Waals surface area contributed by atoms with Crippen molar-refractivity contribution in [3.63, 3.8) is 0 Å². The first-order valence-corrected chi connectivity index (χ1v) is 6.21. The number of carboxylic acids is 1. The predicted octanol–water partition coefficient (Wildman–Crippen LogP) is 0.944. The van der Waals surface area contributed by atoms with Crippen LogP contribution >= 0.6 is 0 Å². The van der Waals surface area contributed by atoms with Gasteiger partial charge in [-0.15, -0.1) is 0 Å². The number of hydrogen-bond donors (Lipinski definition) is 3. The molecule has 20 heavy (non-hydrogen) atoms. The number of amides is 1. The minimum Gasteiger partial charge on any atom is -0.480 e. The maximum Gasteiger partial charge on any atom is 0.326 e. The van der Waals surface area contributed by atoms with E-state index in [0.29, 0.717) is 0 Å². The third kappa shape index (κ3) is 3.13. The van der Waals surface area contributed by atoms with Crippen molar-refractivity contribution in [3.05, 3.63) is 48.0 Å². The van der Waals surface area contributed by atoms with Crippen LogP contribution in [-0.4, -0.2) is 34.7 Å². The standard InChI is InChI=1S/C15H15NO4/c17-9-14(18)16-13(15(19)20)8-11-6-3-5-10-4-1-2-7-12(10)11/h1-7,13,17H,8-9H2,(H,16,18)(H,19,20). The van der Waals surface area contributed by atoms with E-state index >= 15 is 0 Å². The fraction of sp³-hybridized carbons (Fsp3) is 0.200. The Hall–Kier alpha value is -2.40. The highest BCUT2D eigenvalue weighted by molar-refractivity contribution is 5.88. The monoisotopic (exact) mass is 273 g/mol. The van der Waals surface area contributed by atoms with Gasteiger partial charge in [0.2, 0.25) is 5.91 Å². The highest BCUT2D eigenvalue weighted by Crippen LogP contribution is 2.19. The van der Waals surface area contributed by atoms with Crippen molar-refractivity contribution in [2.24, 2.45) is 0 Å². The second kappa shape index (κ2) is 6.16. The number of hydrogen-bond acceptors (Lipinski definition) is 3. The molecule has 0 aliphatic heterocycles. The van der Waals surface area contributed by atoms with Gasteiger partial charge in [0.05, 0.1) is 0 Å². The van der Waals surface area contributed by atoms with Crippen LogP contribution in [0.2, 0.25) is 0 Å². The van der Waals surface area contributed by atoms with E-state index in [-0.39, 0.29) is 6.42 Å². The minimum absolute atomic E-state index is 0.169. The molecule has 0 aliphatic carbocycles. The fourth-order valence-electron chi connectivity index (χ4n) is 2.13. The molecule has 0 aliphatic rings. The van der Waals surface area contributed by atoms with Gasteiger partial charge >= 0.3 is 5.97 Å². The zero-order valence-corrected chi connectivity index (χ0v) is 10.7. The van der Waals surface area contributed by atoms with Crippen LogP contribution in [0, 0.1) is 0 Å². The highest BCUT2D eigenvalue weighted by atomic mass is 16.4. The van der Waals surface area contributed by atoms with Gasteiger partial charge in [-0.3, -0.25) is 4.79 Å². The van der Waals surface area contributed by atoms with Gasteiger partial charge in [0.25, 0.3) is 0 Å². The zero-order valence-electron chi connectivity index (χ0n) is 10.7. The van der Waals surface area contributed by atoms with Gasteiger partial charge in [-0.2, -0.15) is 0 Å². The molecule has 0 spiro atoms. The lowest BCUT2D eigenvalue weighted by Crippen LogP contribution is -2.43. The van der Waals surface area contributed by atoms with Gasteiger partial charge in [-0.25, -0.2) is 4.79 Å². The van der Waals surface area contributed by atoms with Gasteiger partial charge in [0.1, 0.15) is 12.6 Å². The molecule has 1 atom stereocenters. The summed E-state index contributed by atoms with van der Waals surface area (Å²) >= 11 is 0. The summed E-state index contributed by atoms with van der Waals surface area (Å²) in [7, 11) is 0. The number of benzene rings is 2. The van der Waals surface area contributed by atoms with Gasteiger partial charge in [0.15, 0.2) is 0 Å². The third-order valence-corrected chi connectivity index (χ3v) is 3.08. The number of rotatable bonds is 5. The van der Waals surface area contributed by atoms with E-state index in [0.717, 1.165) is 16.3 Å². The van der Waals surface area contributed by atoms with E-state index in [4.69, 9.17) is 10.2 Å². The molecule has 5 heteroatoms. The summed E-state index contributed by atoms with van der Waals surface area (Å²) in [6.07, 6.45) is 0.169. The Morgan fingerprint density at radius 3 is 2.50 bits per heavy atom. The average Bonchev–Trinajstić information content (AvgIpc) is 2.46. The molecule has 0 saturated heterocycles. The first kappa shape index (κ1) is 14.0. The molecule has 0 bridgehead atoms. The maximum absolute atomic E-state index is 11.2. The number of aliphatic hydroxyl groups excluding tert-OH is 1. The summed E-state index contributed by atoms with van der Waals surface area (Å²) in [6, 6.07) is 12.2. The van der Waals surface area contributed by atoms with E-state index in [1.807, 2.05) is 42.5 Å². The molecule has 0 fully saturated rings. The predicted molar refractivity (Wildman–Crippen MR) is 74.3 cm³/mol. The molecule has 0 heterocycles. The van der Waals surface area contributed by atoms with Gasteiger partial charge < -0.3 is 15.5 Å². The van der Waals surface area contributed by atoms with Crippen molar-refractivity contribution in [2.75, 3.05) is 6.61 Å². The van der Waals surface area contributed by atoms with Crippen molar-refractivity contribution in [1.29, 1.82) is 0 Å². The van der Waals surface area contributed by atoms with Crippen LogP contribution in [0.15, 0.2) is 42.5 Å². The lowest BCUT2D eigenvalue weighted by atomic mass is 9.99. The smallest absolute Gasteiger partial charge is 0.326 e. The van der Waals surface area contributed by atoms with Gasteiger partial charge in [0, 0.05) is 6.42 Å². The van der Waals surface area contributed by atoms with Crippen LogP contribution in [0.25, 0.3) is 10.8 Å². The third-order valence-electron chi connectivity index (χ3n) is 3.08. The van der Waals surface area contributed by atoms with Crippen LogP contribution in [0.5, 0.6) is 0 Å². The molecule has 2 rings (SSSR count). The van der Waals surface area contributed by atoms with Crippen molar-refractivity contribution in [2.45, 2.75) is 12.5 Å². The van der Waals surface area contributed by atoms with Crippen LogP contribution in [-0.2, 0) is 16.0 Å². The maximum atomic E-state index is 11.2. The molecule has 0 saturated carbocycles. The van der Waals surface area contributed by atoms with Crippen molar-refractivity contribution >= 4 is 22.6 Å². The van der Waals surface area contributed by atoms with Crippen molar-refractivity contribution in [3.8, 4) is 0 Å². The van der Waals surface area contributed by atoms with Crippen LogP contribution in [0.4, 0.5) is 0 Å². The van der Waals surface area contributed by atoms with Crippen molar-refractivity contribution in [1.82, 2.24) is 5.32 Å². The second-order valence-corrected chi connectivity index (χ2v) is 4.46. The zero-order chi connectivity index (χ0) is 14.5. The molecule has 104 valence electrons. The molecular weight excluding hydrogens is 258 g/mol. The first-order valence-electron chi connectivity index (χ1n) is 6.21. The Bertz CT molecular complexity index is 633. The summed E-state index contributed by atoms with van der Waals surface area (Å²) in [4.78, 5) is 22.4. The summed E-state index contributed by atoms with van der Waals surface area (Å²) in [5.41, 5.74) is 0.841. The van der Waals surface area contributed by atoms with E-state index in [1.54, 1.807) is 0 Å². The van der Waals surface area contributed by atoms with E-state index in [2.05, 4.69) is 5.32 Å². The number of aliphatic carboxylic acids is 1. The van der Waals surface area contributed by atoms with Crippen LogP contribution in [0.1, 0.15) is 5.56 Å². The van der Waals surface area contributed by atoms with E-state index in [9.17, 15) is 9.59 Å². The van der Waals surface area contributed by atoms with Crippen LogP contribution in [0.3, 0.4) is 0 Å². The van der Waals surface area contributed by atoms with E-state index < -0.39 is 24.5 Å². The van der Waals surface area contributed by atoms with E-state index in [1.165, 1.54) is 0 Å². The molecule has 1 amide bonds. The number of carbonyl (C=O) groups excluding carboxylic acids is 1. The minimum atomic E-state index is -1.13. The molecule has 0 aromatic heterocycles. The Kier molecular flexibility index (Phi) is 4.32. The lowest BCUT2D eigenvalue weighted by Gasteiger charge is -2.15. The Morgan fingerprint density at radius 1 is 1.10 bits per heavy atom. The summed E-state index contributed by atoms with van der Waals surface area (Å²) in [6.45, 7) is -0.723. The largest absolute Gasteiger partial charge is 0.480 e. The molecule has 2 aromatic carbocycles. The molecule has 1 unspecified atom stereocenters.